The number of rotatable bonds is 7. The molecule has 0 aliphatic rings. The fourth-order valence-electron chi connectivity index (χ4n) is 2.09. The second kappa shape index (κ2) is 7.27. The average molecular weight is 214 g/mol. The van der Waals surface area contributed by atoms with Gasteiger partial charge in [0.05, 0.1) is 6.10 Å². The zero-order valence-corrected chi connectivity index (χ0v) is 11.3. The second-order valence-corrected chi connectivity index (χ2v) is 6.00. The first-order chi connectivity index (χ1) is 6.90. The van der Waals surface area contributed by atoms with Crippen LogP contribution >= 0.6 is 0 Å². The van der Waals surface area contributed by atoms with Gasteiger partial charge in [0.1, 0.15) is 0 Å². The standard InChI is InChI=1S/C14H30O/c1-6-8-12(9-7-2)13(15)10-11-14(3,4)5/h12-13,15H,6-11H2,1-5H3. The summed E-state index contributed by atoms with van der Waals surface area (Å²) in [4.78, 5) is 0. The van der Waals surface area contributed by atoms with Crippen LogP contribution in [-0.4, -0.2) is 11.2 Å². The molecule has 0 bridgehead atoms. The van der Waals surface area contributed by atoms with E-state index in [4.69, 9.17) is 0 Å². The Hall–Kier alpha value is -0.0400. The highest BCUT2D eigenvalue weighted by atomic mass is 16.3. The summed E-state index contributed by atoms with van der Waals surface area (Å²) >= 11 is 0. The molecule has 0 radical (unpaired) electrons. The molecule has 0 rings (SSSR count). The van der Waals surface area contributed by atoms with Crippen LogP contribution in [0.4, 0.5) is 0 Å². The first kappa shape index (κ1) is 15.0. The van der Waals surface area contributed by atoms with E-state index in [0.717, 1.165) is 12.8 Å². The van der Waals surface area contributed by atoms with Crippen molar-refractivity contribution in [2.45, 2.75) is 79.2 Å². The summed E-state index contributed by atoms with van der Waals surface area (Å²) in [6.45, 7) is 11.1. The van der Waals surface area contributed by atoms with Crippen LogP contribution in [0.25, 0.3) is 0 Å². The molecule has 0 aromatic carbocycles. The van der Waals surface area contributed by atoms with E-state index in [1.807, 2.05) is 0 Å². The Balaban J connectivity index is 3.96. The zero-order chi connectivity index (χ0) is 11.9. The van der Waals surface area contributed by atoms with Crippen molar-refractivity contribution in [3.8, 4) is 0 Å². The Kier molecular flexibility index (Phi) is 7.25. The van der Waals surface area contributed by atoms with Crippen molar-refractivity contribution in [3.63, 3.8) is 0 Å². The van der Waals surface area contributed by atoms with Gasteiger partial charge in [0.2, 0.25) is 0 Å². The van der Waals surface area contributed by atoms with E-state index in [1.165, 1.54) is 25.7 Å². The van der Waals surface area contributed by atoms with Gasteiger partial charge in [0.15, 0.2) is 0 Å². The highest BCUT2D eigenvalue weighted by Crippen LogP contribution is 2.26. The Labute approximate surface area is 96.3 Å². The topological polar surface area (TPSA) is 20.2 Å². The van der Waals surface area contributed by atoms with Gasteiger partial charge >= 0.3 is 0 Å². The molecule has 1 heteroatoms. The van der Waals surface area contributed by atoms with Crippen LogP contribution in [0.3, 0.4) is 0 Å². The fraction of sp³-hybridized carbons (Fsp3) is 1.00. The van der Waals surface area contributed by atoms with Crippen molar-refractivity contribution in [2.24, 2.45) is 11.3 Å². The number of aliphatic hydroxyl groups is 1. The first-order valence-electron chi connectivity index (χ1n) is 6.58. The molecular weight excluding hydrogens is 184 g/mol. The molecule has 0 saturated heterocycles. The summed E-state index contributed by atoms with van der Waals surface area (Å²) in [5, 5.41) is 10.1. The molecule has 0 amide bonds. The predicted molar refractivity (Wildman–Crippen MR) is 68.0 cm³/mol. The van der Waals surface area contributed by atoms with E-state index in [2.05, 4.69) is 34.6 Å². The lowest BCUT2D eigenvalue weighted by Crippen LogP contribution is -2.22. The van der Waals surface area contributed by atoms with E-state index in [1.54, 1.807) is 0 Å². The monoisotopic (exact) mass is 214 g/mol. The Morgan fingerprint density at radius 3 is 1.73 bits per heavy atom. The first-order valence-corrected chi connectivity index (χ1v) is 6.58. The van der Waals surface area contributed by atoms with Crippen molar-refractivity contribution in [1.29, 1.82) is 0 Å². The lowest BCUT2D eigenvalue weighted by Gasteiger charge is -2.25. The summed E-state index contributed by atoms with van der Waals surface area (Å²) in [6, 6.07) is 0. The molecule has 1 nitrogen and oxygen atoms in total. The summed E-state index contributed by atoms with van der Waals surface area (Å²) in [5.41, 5.74) is 0.351. The van der Waals surface area contributed by atoms with Gasteiger partial charge in [0, 0.05) is 0 Å². The lowest BCUT2D eigenvalue weighted by molar-refractivity contribution is 0.0763. The van der Waals surface area contributed by atoms with E-state index in [0.29, 0.717) is 11.3 Å². The molecule has 15 heavy (non-hydrogen) atoms. The maximum atomic E-state index is 10.1. The maximum absolute atomic E-state index is 10.1. The molecule has 0 aromatic heterocycles. The van der Waals surface area contributed by atoms with Crippen molar-refractivity contribution in [2.75, 3.05) is 0 Å². The number of aliphatic hydroxyl groups excluding tert-OH is 1. The van der Waals surface area contributed by atoms with Gasteiger partial charge in [-0.25, -0.2) is 0 Å². The highest BCUT2D eigenvalue weighted by molar-refractivity contribution is 4.72. The Morgan fingerprint density at radius 2 is 1.40 bits per heavy atom. The summed E-state index contributed by atoms with van der Waals surface area (Å²) in [5.74, 6) is 0.530. The predicted octanol–water partition coefficient (Wildman–Crippen LogP) is 4.39. The van der Waals surface area contributed by atoms with E-state index in [-0.39, 0.29) is 6.10 Å². The Morgan fingerprint density at radius 1 is 0.933 bits per heavy atom. The summed E-state index contributed by atoms with van der Waals surface area (Å²) < 4.78 is 0. The molecule has 0 aliphatic carbocycles. The number of hydrogen-bond acceptors (Lipinski definition) is 1. The molecule has 92 valence electrons. The SMILES string of the molecule is CCCC(CCC)C(O)CCC(C)(C)C. The van der Waals surface area contributed by atoms with Gasteiger partial charge in [-0.3, -0.25) is 0 Å². The minimum atomic E-state index is -0.0795. The molecule has 1 N–H and O–H groups in total. The van der Waals surface area contributed by atoms with Gasteiger partial charge in [0.25, 0.3) is 0 Å². The largest absolute Gasteiger partial charge is 0.393 e. The minimum Gasteiger partial charge on any atom is -0.393 e. The fourth-order valence-corrected chi connectivity index (χ4v) is 2.09. The highest BCUT2D eigenvalue weighted by Gasteiger charge is 2.20. The van der Waals surface area contributed by atoms with Crippen LogP contribution in [0, 0.1) is 11.3 Å². The summed E-state index contributed by atoms with van der Waals surface area (Å²) in [7, 11) is 0. The van der Waals surface area contributed by atoms with E-state index >= 15 is 0 Å². The molecule has 0 fully saturated rings. The van der Waals surface area contributed by atoms with Crippen molar-refractivity contribution in [3.05, 3.63) is 0 Å². The molecule has 0 heterocycles. The molecule has 0 aliphatic heterocycles. The molecule has 1 atom stereocenters. The van der Waals surface area contributed by atoms with Gasteiger partial charge in [-0.05, 0) is 37.0 Å². The van der Waals surface area contributed by atoms with E-state index < -0.39 is 0 Å². The van der Waals surface area contributed by atoms with Gasteiger partial charge in [-0.15, -0.1) is 0 Å². The normalized spacial score (nSPS) is 14.6. The zero-order valence-electron chi connectivity index (χ0n) is 11.3. The third-order valence-electron chi connectivity index (χ3n) is 3.05. The third-order valence-corrected chi connectivity index (χ3v) is 3.05. The maximum Gasteiger partial charge on any atom is 0.0568 e. The molecule has 0 aromatic rings. The molecule has 1 unspecified atom stereocenters. The van der Waals surface area contributed by atoms with Crippen molar-refractivity contribution in [1.82, 2.24) is 0 Å². The van der Waals surface area contributed by atoms with Gasteiger partial charge in [-0.1, -0.05) is 47.5 Å². The third kappa shape index (κ3) is 7.84. The lowest BCUT2D eigenvalue weighted by atomic mass is 9.84. The summed E-state index contributed by atoms with van der Waals surface area (Å²) in [6.07, 6.45) is 6.75. The average Bonchev–Trinajstić information content (AvgIpc) is 2.13. The minimum absolute atomic E-state index is 0.0795. The van der Waals surface area contributed by atoms with Crippen LogP contribution in [-0.2, 0) is 0 Å². The Bertz CT molecular complexity index is 140. The van der Waals surface area contributed by atoms with Crippen molar-refractivity contribution >= 4 is 0 Å². The van der Waals surface area contributed by atoms with Crippen molar-refractivity contribution < 1.29 is 5.11 Å². The number of hydrogen-bond donors (Lipinski definition) is 1. The second-order valence-electron chi connectivity index (χ2n) is 6.00. The van der Waals surface area contributed by atoms with Crippen LogP contribution in [0.2, 0.25) is 0 Å². The van der Waals surface area contributed by atoms with Crippen LogP contribution < -0.4 is 0 Å². The molecular formula is C14H30O. The quantitative estimate of drug-likeness (QED) is 0.666. The van der Waals surface area contributed by atoms with Gasteiger partial charge in [-0.2, -0.15) is 0 Å². The van der Waals surface area contributed by atoms with Gasteiger partial charge < -0.3 is 5.11 Å². The van der Waals surface area contributed by atoms with Crippen LogP contribution in [0.15, 0.2) is 0 Å². The van der Waals surface area contributed by atoms with E-state index in [9.17, 15) is 5.11 Å². The van der Waals surface area contributed by atoms with Crippen LogP contribution in [0.5, 0.6) is 0 Å². The molecule has 0 spiro atoms. The molecule has 0 saturated carbocycles. The van der Waals surface area contributed by atoms with Crippen LogP contribution in [0.1, 0.15) is 73.1 Å². The smallest absolute Gasteiger partial charge is 0.0568 e.